The monoisotopic (exact) mass is 512 g/mol. The molecule has 0 unspecified atom stereocenters. The normalized spacial score (nSPS) is 15.6. The van der Waals surface area contributed by atoms with Gasteiger partial charge in [0, 0.05) is 11.6 Å². The number of rotatable bonds is 6. The van der Waals surface area contributed by atoms with Crippen LogP contribution in [0.2, 0.25) is 0 Å². The van der Waals surface area contributed by atoms with Crippen LogP contribution in [-0.4, -0.2) is 17.1 Å². The van der Waals surface area contributed by atoms with Gasteiger partial charge in [-0.2, -0.15) is 0 Å². The number of nitrogens with zero attached hydrogens (tertiary/aromatic N) is 2. The molecule has 6 nitrogen and oxygen atoms in total. The molecule has 0 radical (unpaired) electrons. The lowest BCUT2D eigenvalue weighted by Gasteiger charge is -2.26. The summed E-state index contributed by atoms with van der Waals surface area (Å²) in [6, 6.07) is 20.6. The highest BCUT2D eigenvalue weighted by Gasteiger charge is 2.35. The molecule has 3 heterocycles. The maximum Gasteiger partial charge on any atom is 0.338 e. The fourth-order valence-corrected chi connectivity index (χ4v) is 5.46. The van der Waals surface area contributed by atoms with Crippen LogP contribution in [0.3, 0.4) is 0 Å². The summed E-state index contributed by atoms with van der Waals surface area (Å²) in [5, 5.41) is 0. The van der Waals surface area contributed by atoms with E-state index in [2.05, 4.69) is 13.8 Å². The Balaban J connectivity index is 1.81. The predicted molar refractivity (Wildman–Crippen MR) is 145 cm³/mol. The minimum atomic E-state index is -0.688. The summed E-state index contributed by atoms with van der Waals surface area (Å²) >= 11 is 1.28. The molecule has 0 saturated carbocycles. The van der Waals surface area contributed by atoms with Gasteiger partial charge in [-0.05, 0) is 43.0 Å². The third-order valence-corrected chi connectivity index (χ3v) is 7.31. The molecule has 1 aliphatic heterocycles. The van der Waals surface area contributed by atoms with Crippen molar-refractivity contribution in [1.29, 1.82) is 0 Å². The number of carbonyl (C=O) groups excluding carboxylic acids is 1. The first-order chi connectivity index (χ1) is 17.9. The summed E-state index contributed by atoms with van der Waals surface area (Å²) in [5.41, 5.74) is 3.40. The molecule has 0 fully saturated rings. The number of aromatic nitrogens is 1. The fourth-order valence-electron chi connectivity index (χ4n) is 4.48. The number of benzene rings is 2. The van der Waals surface area contributed by atoms with Gasteiger partial charge in [-0.15, -0.1) is 0 Å². The second kappa shape index (κ2) is 10.2. The van der Waals surface area contributed by atoms with Gasteiger partial charge in [0.25, 0.3) is 5.56 Å². The van der Waals surface area contributed by atoms with Crippen LogP contribution in [0.4, 0.5) is 0 Å². The van der Waals surface area contributed by atoms with Crippen molar-refractivity contribution in [1.82, 2.24) is 4.57 Å². The van der Waals surface area contributed by atoms with Gasteiger partial charge in [0.1, 0.15) is 11.5 Å². The SMILES string of the molecule is CCOC(=O)C1=C(c2ccccc2)N=c2s/c(=C\c3ccc(C)o3)c(=O)n2[C@H]1c1ccc(C(C)C)cc1. The van der Waals surface area contributed by atoms with E-state index < -0.39 is 12.0 Å². The van der Waals surface area contributed by atoms with Crippen molar-refractivity contribution in [3.05, 3.63) is 120 Å². The molecule has 0 amide bonds. The van der Waals surface area contributed by atoms with Crippen LogP contribution in [0.1, 0.15) is 60.9 Å². The number of carbonyl (C=O) groups is 1. The van der Waals surface area contributed by atoms with Crippen molar-refractivity contribution in [3.8, 4) is 0 Å². The maximum atomic E-state index is 13.8. The molecule has 5 rings (SSSR count). The van der Waals surface area contributed by atoms with E-state index in [0.717, 1.165) is 16.9 Å². The van der Waals surface area contributed by atoms with E-state index in [1.165, 1.54) is 16.9 Å². The number of thiazole rings is 1. The largest absolute Gasteiger partial charge is 0.463 e. The molecule has 4 aromatic rings. The van der Waals surface area contributed by atoms with Crippen LogP contribution < -0.4 is 14.9 Å². The molecule has 2 aromatic heterocycles. The number of aryl methyl sites for hydroxylation is 1. The number of fused-ring (bicyclic) bond motifs is 1. The molecule has 1 atom stereocenters. The topological polar surface area (TPSA) is 73.8 Å². The second-order valence-electron chi connectivity index (χ2n) is 9.20. The fraction of sp³-hybridized carbons (Fsp3) is 0.233. The third-order valence-electron chi connectivity index (χ3n) is 6.33. The van der Waals surface area contributed by atoms with E-state index >= 15 is 0 Å². The Kier molecular flexibility index (Phi) is 6.80. The minimum absolute atomic E-state index is 0.214. The van der Waals surface area contributed by atoms with Gasteiger partial charge in [-0.25, -0.2) is 9.79 Å². The van der Waals surface area contributed by atoms with E-state index in [1.54, 1.807) is 17.6 Å². The van der Waals surface area contributed by atoms with E-state index in [0.29, 0.717) is 32.3 Å². The van der Waals surface area contributed by atoms with Crippen LogP contribution in [0.25, 0.3) is 11.8 Å². The quantitative estimate of drug-likeness (QED) is 0.342. The average Bonchev–Trinajstić information content (AvgIpc) is 3.45. The Morgan fingerprint density at radius 2 is 1.84 bits per heavy atom. The molecule has 37 heavy (non-hydrogen) atoms. The van der Waals surface area contributed by atoms with Gasteiger partial charge in [0.2, 0.25) is 0 Å². The number of furan rings is 1. The Labute approximate surface area is 218 Å². The minimum Gasteiger partial charge on any atom is -0.463 e. The highest BCUT2D eigenvalue weighted by Crippen LogP contribution is 2.35. The van der Waals surface area contributed by atoms with Gasteiger partial charge >= 0.3 is 5.97 Å². The highest BCUT2D eigenvalue weighted by molar-refractivity contribution is 7.07. The Morgan fingerprint density at radius 1 is 1.11 bits per heavy atom. The van der Waals surface area contributed by atoms with Crippen molar-refractivity contribution in [2.24, 2.45) is 4.99 Å². The zero-order chi connectivity index (χ0) is 26.1. The van der Waals surface area contributed by atoms with Crippen molar-refractivity contribution in [2.45, 2.75) is 39.7 Å². The molecule has 0 N–H and O–H groups in total. The summed E-state index contributed by atoms with van der Waals surface area (Å²) in [6.07, 6.45) is 1.73. The predicted octanol–water partition coefficient (Wildman–Crippen LogP) is 4.96. The zero-order valence-electron chi connectivity index (χ0n) is 21.2. The second-order valence-corrected chi connectivity index (χ2v) is 10.2. The van der Waals surface area contributed by atoms with Gasteiger partial charge in [-0.1, -0.05) is 79.8 Å². The van der Waals surface area contributed by atoms with E-state index in [9.17, 15) is 9.59 Å². The smallest absolute Gasteiger partial charge is 0.338 e. The summed E-state index contributed by atoms with van der Waals surface area (Å²) in [7, 11) is 0. The third kappa shape index (κ3) is 4.74. The van der Waals surface area contributed by atoms with Crippen LogP contribution in [0, 0.1) is 6.92 Å². The first-order valence-corrected chi connectivity index (χ1v) is 13.1. The number of hydrogen-bond acceptors (Lipinski definition) is 6. The first-order valence-electron chi connectivity index (χ1n) is 12.3. The molecule has 1 aliphatic rings. The summed E-state index contributed by atoms with van der Waals surface area (Å²) in [6.45, 7) is 8.11. The van der Waals surface area contributed by atoms with Gasteiger partial charge < -0.3 is 9.15 Å². The Hall–Kier alpha value is -3.97. The van der Waals surface area contributed by atoms with Crippen molar-refractivity contribution < 1.29 is 13.9 Å². The molecule has 0 bridgehead atoms. The molecule has 0 spiro atoms. The number of esters is 1. The first kappa shape index (κ1) is 24.7. The van der Waals surface area contributed by atoms with Crippen LogP contribution in [0.15, 0.2) is 86.5 Å². The molecule has 0 aliphatic carbocycles. The molecule has 0 saturated heterocycles. The summed E-state index contributed by atoms with van der Waals surface area (Å²) in [5.74, 6) is 1.22. The van der Waals surface area contributed by atoms with Crippen molar-refractivity contribution in [3.63, 3.8) is 0 Å². The molecular formula is C30H28N2O4S. The number of hydrogen-bond donors (Lipinski definition) is 0. The standard InChI is InChI=1S/C30H28N2O4S/c1-5-35-29(34)25-26(21-9-7-6-8-10-21)31-30-32(27(25)22-14-12-20(13-15-22)18(2)3)28(33)24(37-30)17-23-16-11-19(4)36-23/h6-18,27H,5H2,1-4H3/b24-17-/t27-/m0/s1. The maximum absolute atomic E-state index is 13.8. The lowest BCUT2D eigenvalue weighted by molar-refractivity contribution is -0.138. The molecule has 2 aromatic carbocycles. The van der Waals surface area contributed by atoms with Crippen molar-refractivity contribution in [2.75, 3.05) is 6.61 Å². The average molecular weight is 513 g/mol. The van der Waals surface area contributed by atoms with Gasteiger partial charge in [0.15, 0.2) is 4.80 Å². The van der Waals surface area contributed by atoms with Crippen LogP contribution in [-0.2, 0) is 9.53 Å². The van der Waals surface area contributed by atoms with E-state index in [1.807, 2.05) is 73.7 Å². The lowest BCUT2D eigenvalue weighted by Crippen LogP contribution is -2.40. The van der Waals surface area contributed by atoms with Crippen molar-refractivity contribution >= 4 is 29.1 Å². The Bertz CT molecular complexity index is 1650. The van der Waals surface area contributed by atoms with E-state index in [4.69, 9.17) is 14.1 Å². The van der Waals surface area contributed by atoms with Gasteiger partial charge in [-0.3, -0.25) is 9.36 Å². The molecule has 188 valence electrons. The molecule has 7 heteroatoms. The summed E-state index contributed by atoms with van der Waals surface area (Å²) in [4.78, 5) is 32.7. The molecular weight excluding hydrogens is 484 g/mol. The summed E-state index contributed by atoms with van der Waals surface area (Å²) < 4.78 is 13.3. The zero-order valence-corrected chi connectivity index (χ0v) is 22.0. The van der Waals surface area contributed by atoms with Crippen LogP contribution >= 0.6 is 11.3 Å². The lowest BCUT2D eigenvalue weighted by atomic mass is 9.91. The van der Waals surface area contributed by atoms with Crippen LogP contribution in [0.5, 0.6) is 0 Å². The van der Waals surface area contributed by atoms with Gasteiger partial charge in [0.05, 0.1) is 28.5 Å². The Morgan fingerprint density at radius 3 is 2.46 bits per heavy atom. The van der Waals surface area contributed by atoms with E-state index in [-0.39, 0.29) is 12.2 Å². The number of ether oxygens (including phenoxy) is 1. The highest BCUT2D eigenvalue weighted by atomic mass is 32.1.